The van der Waals surface area contributed by atoms with Crippen molar-refractivity contribution in [1.29, 1.82) is 0 Å². The second-order valence-corrected chi connectivity index (χ2v) is 3.94. The number of ether oxygens (including phenoxy) is 1. The zero-order valence-electron chi connectivity index (χ0n) is 9.50. The lowest BCUT2D eigenvalue weighted by atomic mass is 10.2. The molecule has 1 saturated heterocycles. The molecule has 0 bridgehead atoms. The Kier molecular flexibility index (Phi) is 2.81. The van der Waals surface area contributed by atoms with Crippen LogP contribution in [0.1, 0.15) is 12.8 Å². The van der Waals surface area contributed by atoms with Crippen molar-refractivity contribution in [3.8, 4) is 11.5 Å². The van der Waals surface area contributed by atoms with Crippen LogP contribution in [0, 0.1) is 0 Å². The molecule has 3 rings (SSSR count). The van der Waals surface area contributed by atoms with Crippen molar-refractivity contribution in [2.75, 3.05) is 24.2 Å². The van der Waals surface area contributed by atoms with Crippen LogP contribution in [-0.2, 0) is 4.74 Å². The molecule has 9 nitrogen and oxygen atoms in total. The first-order valence-corrected chi connectivity index (χ1v) is 5.60. The average molecular weight is 252 g/mol. The first-order chi connectivity index (χ1) is 8.83. The number of hydrogen-bond donors (Lipinski definition) is 2. The van der Waals surface area contributed by atoms with Crippen LogP contribution in [0.4, 0.5) is 11.8 Å². The SMILES string of the molecule is Nc1nonc1-c1noc(NC[C@H]2CCCO2)n1. The van der Waals surface area contributed by atoms with Gasteiger partial charge in [0, 0.05) is 13.2 Å². The number of aromatic nitrogens is 4. The lowest BCUT2D eigenvalue weighted by molar-refractivity contribution is 0.120. The van der Waals surface area contributed by atoms with E-state index in [1.165, 1.54) is 0 Å². The molecule has 96 valence electrons. The molecule has 1 aliphatic heterocycles. The van der Waals surface area contributed by atoms with Crippen molar-refractivity contribution in [2.45, 2.75) is 18.9 Å². The Morgan fingerprint density at radius 1 is 1.33 bits per heavy atom. The molecule has 1 atom stereocenters. The highest BCUT2D eigenvalue weighted by atomic mass is 16.6. The number of nitrogens with zero attached hydrogens (tertiary/aromatic N) is 4. The molecule has 0 amide bonds. The van der Waals surface area contributed by atoms with Gasteiger partial charge in [-0.25, -0.2) is 4.63 Å². The maximum absolute atomic E-state index is 5.53. The monoisotopic (exact) mass is 252 g/mol. The van der Waals surface area contributed by atoms with E-state index < -0.39 is 0 Å². The summed E-state index contributed by atoms with van der Waals surface area (Å²) >= 11 is 0. The van der Waals surface area contributed by atoms with E-state index in [-0.39, 0.29) is 23.4 Å². The Morgan fingerprint density at radius 2 is 2.28 bits per heavy atom. The number of hydrogen-bond acceptors (Lipinski definition) is 9. The van der Waals surface area contributed by atoms with E-state index in [4.69, 9.17) is 15.0 Å². The van der Waals surface area contributed by atoms with Crippen LogP contribution in [0.25, 0.3) is 11.5 Å². The molecule has 2 aromatic heterocycles. The molecule has 9 heteroatoms. The summed E-state index contributed by atoms with van der Waals surface area (Å²) in [5, 5.41) is 13.8. The maximum atomic E-state index is 5.53. The summed E-state index contributed by atoms with van der Waals surface area (Å²) in [6.45, 7) is 1.44. The van der Waals surface area contributed by atoms with Gasteiger partial charge in [0.15, 0.2) is 11.5 Å². The Labute approximate surface area is 102 Å². The van der Waals surface area contributed by atoms with E-state index >= 15 is 0 Å². The Balaban J connectivity index is 1.64. The van der Waals surface area contributed by atoms with Crippen molar-refractivity contribution in [2.24, 2.45) is 0 Å². The Hall–Kier alpha value is -2.16. The third-order valence-corrected chi connectivity index (χ3v) is 2.66. The van der Waals surface area contributed by atoms with E-state index in [1.54, 1.807) is 0 Å². The van der Waals surface area contributed by atoms with Crippen molar-refractivity contribution in [3.05, 3.63) is 0 Å². The highest BCUT2D eigenvalue weighted by Gasteiger charge is 2.19. The molecule has 1 fully saturated rings. The highest BCUT2D eigenvalue weighted by molar-refractivity contribution is 5.62. The van der Waals surface area contributed by atoms with Gasteiger partial charge < -0.3 is 20.3 Å². The van der Waals surface area contributed by atoms with Gasteiger partial charge in [0.05, 0.1) is 6.10 Å². The van der Waals surface area contributed by atoms with E-state index in [2.05, 4.69) is 30.4 Å². The van der Waals surface area contributed by atoms with Gasteiger partial charge >= 0.3 is 6.01 Å². The summed E-state index contributed by atoms with van der Waals surface area (Å²) in [6.07, 6.45) is 2.32. The van der Waals surface area contributed by atoms with Crippen LogP contribution in [0.2, 0.25) is 0 Å². The quantitative estimate of drug-likeness (QED) is 0.789. The van der Waals surface area contributed by atoms with E-state index in [9.17, 15) is 0 Å². The van der Waals surface area contributed by atoms with Crippen LogP contribution in [0.15, 0.2) is 9.15 Å². The number of rotatable bonds is 4. The van der Waals surface area contributed by atoms with Gasteiger partial charge in [0.1, 0.15) is 0 Å². The molecule has 3 N–H and O–H groups in total. The molecular weight excluding hydrogens is 240 g/mol. The Morgan fingerprint density at radius 3 is 3.00 bits per heavy atom. The second-order valence-electron chi connectivity index (χ2n) is 3.94. The minimum absolute atomic E-state index is 0.126. The van der Waals surface area contributed by atoms with Gasteiger partial charge in [-0.2, -0.15) is 4.98 Å². The molecule has 0 radical (unpaired) electrons. The summed E-state index contributed by atoms with van der Waals surface area (Å²) in [6, 6.07) is 0.294. The maximum Gasteiger partial charge on any atom is 0.321 e. The molecule has 3 heterocycles. The van der Waals surface area contributed by atoms with Gasteiger partial charge in [0.2, 0.25) is 5.82 Å². The predicted molar refractivity (Wildman–Crippen MR) is 59.5 cm³/mol. The molecule has 0 saturated carbocycles. The minimum atomic E-state index is 0.126. The van der Waals surface area contributed by atoms with Gasteiger partial charge in [-0.05, 0) is 23.2 Å². The summed E-state index contributed by atoms with van der Waals surface area (Å²) in [4.78, 5) is 4.09. The van der Waals surface area contributed by atoms with Crippen LogP contribution < -0.4 is 11.1 Å². The van der Waals surface area contributed by atoms with Crippen molar-refractivity contribution in [1.82, 2.24) is 20.5 Å². The standard InChI is InChI=1S/C9H12N6O3/c10-7-6(13-18-14-7)8-12-9(17-15-8)11-4-5-2-1-3-16-5/h5H,1-4H2,(H2,10,14)(H,11,12,15)/t5-/m1/s1. The van der Waals surface area contributed by atoms with Crippen molar-refractivity contribution in [3.63, 3.8) is 0 Å². The zero-order chi connectivity index (χ0) is 12.4. The lowest BCUT2D eigenvalue weighted by Gasteiger charge is -2.07. The number of nitrogen functional groups attached to an aromatic ring is 1. The fourth-order valence-electron chi connectivity index (χ4n) is 1.75. The molecule has 18 heavy (non-hydrogen) atoms. The Bertz CT molecular complexity index is 518. The fraction of sp³-hybridized carbons (Fsp3) is 0.556. The normalized spacial score (nSPS) is 19.2. The first kappa shape index (κ1) is 11.0. The molecule has 2 aromatic rings. The predicted octanol–water partition coefficient (Wildman–Crippen LogP) is 0.293. The topological polar surface area (TPSA) is 125 Å². The lowest BCUT2D eigenvalue weighted by Crippen LogP contribution is -2.18. The second kappa shape index (κ2) is 4.61. The van der Waals surface area contributed by atoms with Gasteiger partial charge in [-0.3, -0.25) is 0 Å². The van der Waals surface area contributed by atoms with Gasteiger partial charge in [-0.1, -0.05) is 5.16 Å². The van der Waals surface area contributed by atoms with E-state index in [1.807, 2.05) is 0 Å². The third-order valence-electron chi connectivity index (χ3n) is 2.66. The fourth-order valence-corrected chi connectivity index (χ4v) is 1.75. The van der Waals surface area contributed by atoms with Crippen molar-refractivity contribution < 1.29 is 13.9 Å². The number of nitrogens with one attached hydrogen (secondary N) is 1. The van der Waals surface area contributed by atoms with Crippen LogP contribution >= 0.6 is 0 Å². The average Bonchev–Trinajstić information content (AvgIpc) is 3.07. The number of anilines is 2. The van der Waals surface area contributed by atoms with Gasteiger partial charge in [0.25, 0.3) is 0 Å². The van der Waals surface area contributed by atoms with Crippen molar-refractivity contribution >= 4 is 11.8 Å². The zero-order valence-corrected chi connectivity index (χ0v) is 9.50. The van der Waals surface area contributed by atoms with Gasteiger partial charge in [-0.15, -0.1) is 0 Å². The van der Waals surface area contributed by atoms with Crippen LogP contribution in [0.3, 0.4) is 0 Å². The minimum Gasteiger partial charge on any atom is -0.379 e. The number of nitrogens with two attached hydrogens (primary N) is 1. The molecule has 0 unspecified atom stereocenters. The van der Waals surface area contributed by atoms with Crippen LogP contribution in [-0.4, -0.2) is 39.7 Å². The molecular formula is C9H12N6O3. The molecule has 0 aliphatic carbocycles. The molecule has 0 aromatic carbocycles. The van der Waals surface area contributed by atoms with E-state index in [0.29, 0.717) is 12.6 Å². The van der Waals surface area contributed by atoms with Crippen LogP contribution in [0.5, 0.6) is 0 Å². The highest BCUT2D eigenvalue weighted by Crippen LogP contribution is 2.20. The summed E-state index contributed by atoms with van der Waals surface area (Å²) in [5.74, 6) is 0.366. The molecule has 0 spiro atoms. The smallest absolute Gasteiger partial charge is 0.321 e. The largest absolute Gasteiger partial charge is 0.379 e. The molecule has 1 aliphatic rings. The third kappa shape index (κ3) is 2.12. The summed E-state index contributed by atoms with van der Waals surface area (Å²) in [7, 11) is 0. The van der Waals surface area contributed by atoms with E-state index in [0.717, 1.165) is 19.4 Å². The summed E-state index contributed by atoms with van der Waals surface area (Å²) in [5.41, 5.74) is 5.79. The first-order valence-electron chi connectivity index (χ1n) is 5.60. The summed E-state index contributed by atoms with van der Waals surface area (Å²) < 4.78 is 14.9.